The molecule has 0 N–H and O–H groups in total. The highest BCUT2D eigenvalue weighted by atomic mass is 28.3. The van der Waals surface area contributed by atoms with Gasteiger partial charge in [-0.15, -0.1) is 0 Å². The third kappa shape index (κ3) is 8.24. The van der Waals surface area contributed by atoms with Crippen LogP contribution in [-0.2, 0) is 12.8 Å². The van der Waals surface area contributed by atoms with Gasteiger partial charge in [0.05, 0.1) is 0 Å². The molecule has 0 atom stereocenters. The second kappa shape index (κ2) is 13.5. The van der Waals surface area contributed by atoms with Crippen molar-refractivity contribution in [2.45, 2.75) is 71.4 Å². The number of hydrogen-bond donors (Lipinski definition) is 0. The minimum atomic E-state index is -1.84. The van der Waals surface area contributed by atoms with E-state index in [0.29, 0.717) is 0 Å². The normalized spacial score (nSPS) is 17.0. The largest absolute Gasteiger partial charge is 0.295 e. The molecule has 0 heterocycles. The first kappa shape index (κ1) is 31.7. The van der Waals surface area contributed by atoms with E-state index in [0.717, 1.165) is 32.1 Å². The number of benzene rings is 4. The molecule has 0 aromatic heterocycles. The Morgan fingerprint density at radius 1 is 0.500 bits per heavy atom. The summed E-state index contributed by atoms with van der Waals surface area (Å²) in [4.78, 5) is 0. The highest BCUT2D eigenvalue weighted by Gasteiger charge is 2.40. The van der Waals surface area contributed by atoms with Crippen LogP contribution in [0.25, 0.3) is 0 Å². The molecular formula is C38H48N4Si2. The molecule has 4 aromatic rings. The van der Waals surface area contributed by atoms with Crippen molar-refractivity contribution in [2.75, 3.05) is 9.35 Å². The van der Waals surface area contributed by atoms with E-state index in [9.17, 15) is 0 Å². The van der Waals surface area contributed by atoms with Crippen molar-refractivity contribution in [3.8, 4) is 0 Å². The van der Waals surface area contributed by atoms with Crippen molar-refractivity contribution in [3.05, 3.63) is 132 Å². The van der Waals surface area contributed by atoms with Crippen molar-refractivity contribution < 1.29 is 0 Å². The lowest BCUT2D eigenvalue weighted by Crippen LogP contribution is -2.46. The molecule has 0 amide bonds. The van der Waals surface area contributed by atoms with E-state index in [-0.39, 0.29) is 5.41 Å². The summed E-state index contributed by atoms with van der Waals surface area (Å²) in [6.45, 7) is 14.3. The molecule has 4 nitrogen and oxygen atoms in total. The van der Waals surface area contributed by atoms with Crippen LogP contribution in [0.15, 0.2) is 132 Å². The van der Waals surface area contributed by atoms with Gasteiger partial charge in [0.2, 0.25) is 0 Å². The summed E-state index contributed by atoms with van der Waals surface area (Å²) in [5, 5.41) is 11.1. The summed E-state index contributed by atoms with van der Waals surface area (Å²) in [6.07, 6.45) is 4.66. The quantitative estimate of drug-likeness (QED) is 0.131. The maximum absolute atomic E-state index is 5.57. The zero-order chi connectivity index (χ0) is 31.2. The van der Waals surface area contributed by atoms with Crippen LogP contribution in [0.3, 0.4) is 0 Å². The Balaban J connectivity index is 1.66. The van der Waals surface area contributed by atoms with E-state index in [2.05, 4.69) is 170 Å². The highest BCUT2D eigenvalue weighted by molar-refractivity contribution is 6.80. The van der Waals surface area contributed by atoms with E-state index in [4.69, 9.17) is 10.2 Å². The van der Waals surface area contributed by atoms with Gasteiger partial charge < -0.3 is 0 Å². The van der Waals surface area contributed by atoms with Crippen LogP contribution in [0.1, 0.15) is 30.4 Å². The molecule has 0 bridgehead atoms. The summed E-state index contributed by atoms with van der Waals surface area (Å²) in [5.41, 5.74) is 7.52. The molecule has 1 saturated carbocycles. The lowest BCUT2D eigenvalue weighted by Gasteiger charge is -2.42. The Morgan fingerprint density at radius 2 is 0.818 bits per heavy atom. The van der Waals surface area contributed by atoms with Gasteiger partial charge in [0.1, 0.15) is 0 Å². The maximum atomic E-state index is 5.57. The van der Waals surface area contributed by atoms with Crippen molar-refractivity contribution in [2.24, 2.45) is 15.6 Å². The molecular weight excluding hydrogens is 569 g/mol. The first-order valence-corrected chi connectivity index (χ1v) is 22.8. The summed E-state index contributed by atoms with van der Waals surface area (Å²) in [7, 11) is -3.68. The maximum Gasteiger partial charge on any atom is 0.176 e. The molecule has 4 aromatic carbocycles. The van der Waals surface area contributed by atoms with Crippen molar-refractivity contribution in [3.63, 3.8) is 0 Å². The molecule has 0 radical (unpaired) electrons. The van der Waals surface area contributed by atoms with Gasteiger partial charge in [-0.2, -0.15) is 10.2 Å². The number of nitrogens with zero attached hydrogens (tertiary/aromatic N) is 4. The third-order valence-electron chi connectivity index (χ3n) is 8.17. The Bertz CT molecular complexity index is 1420. The van der Waals surface area contributed by atoms with E-state index in [1.807, 2.05) is 0 Å². The molecule has 0 aliphatic heterocycles. The Labute approximate surface area is 267 Å². The first-order chi connectivity index (χ1) is 21.0. The van der Waals surface area contributed by atoms with Gasteiger partial charge in [0.15, 0.2) is 16.5 Å². The van der Waals surface area contributed by atoms with Gasteiger partial charge >= 0.3 is 0 Å². The van der Waals surface area contributed by atoms with Crippen LogP contribution in [0.5, 0.6) is 0 Å². The van der Waals surface area contributed by atoms with Gasteiger partial charge in [0, 0.05) is 29.2 Å². The summed E-state index contributed by atoms with van der Waals surface area (Å²) in [6, 6.07) is 43.5. The molecule has 1 aliphatic rings. The molecule has 44 heavy (non-hydrogen) atoms. The molecule has 0 saturated heterocycles. The monoisotopic (exact) mass is 616 g/mol. The zero-order valence-electron chi connectivity index (χ0n) is 27.4. The van der Waals surface area contributed by atoms with Crippen molar-refractivity contribution in [1.29, 1.82) is 0 Å². The lowest BCUT2D eigenvalue weighted by atomic mass is 9.66. The number of anilines is 2. The Morgan fingerprint density at radius 3 is 1.14 bits per heavy atom. The fraction of sp³-hybridized carbons (Fsp3) is 0.316. The number of hydrogen-bond acceptors (Lipinski definition) is 4. The number of para-hydroxylation sites is 2. The van der Waals surface area contributed by atoms with Gasteiger partial charge in [-0.1, -0.05) is 97.1 Å². The number of rotatable bonds is 10. The average Bonchev–Trinajstić information content (AvgIpc) is 2.99. The fourth-order valence-electron chi connectivity index (χ4n) is 6.41. The van der Waals surface area contributed by atoms with Gasteiger partial charge in [-0.25, -0.2) is 0 Å². The van der Waals surface area contributed by atoms with Crippen LogP contribution in [0, 0.1) is 5.41 Å². The molecule has 1 aliphatic carbocycles. The second-order valence-electron chi connectivity index (χ2n) is 14.3. The van der Waals surface area contributed by atoms with Crippen LogP contribution in [-0.4, -0.2) is 27.9 Å². The van der Waals surface area contributed by atoms with Crippen LogP contribution >= 0.6 is 0 Å². The second-order valence-corrected chi connectivity index (χ2v) is 23.9. The van der Waals surface area contributed by atoms with Crippen molar-refractivity contribution in [1.82, 2.24) is 0 Å². The fourth-order valence-corrected chi connectivity index (χ4v) is 9.14. The summed E-state index contributed by atoms with van der Waals surface area (Å²) >= 11 is 0. The minimum Gasteiger partial charge on any atom is -0.295 e. The predicted molar refractivity (Wildman–Crippen MR) is 196 cm³/mol. The van der Waals surface area contributed by atoms with E-state index >= 15 is 0 Å². The highest BCUT2D eigenvalue weighted by Crippen LogP contribution is 2.41. The third-order valence-corrected chi connectivity index (χ3v) is 11.4. The van der Waals surface area contributed by atoms with Crippen LogP contribution < -0.4 is 9.35 Å². The molecule has 5 rings (SSSR count). The molecule has 0 unspecified atom stereocenters. The summed E-state index contributed by atoms with van der Waals surface area (Å²) < 4.78 is 4.71. The standard InChI is InChI=1S/C38H48N4Si2/c1-43(2,3)41(36-23-15-9-16-24-36)39-34-27-35(40-42(44(4,5)6)37-25-17-10-18-26-37)31-38(30-34,28-32-19-11-7-12-20-32)29-33-21-13-8-14-22-33/h7-26H,27-31H2,1-6H3. The molecule has 228 valence electrons. The van der Waals surface area contributed by atoms with Gasteiger partial charge in [0.25, 0.3) is 0 Å². The smallest absolute Gasteiger partial charge is 0.176 e. The SMILES string of the molecule is C[Si](C)(C)N(N=C1CC(=NN(c2ccccc2)[Si](C)(C)C)CC(Cc2ccccc2)(Cc2ccccc2)C1)c1ccccc1. The molecule has 1 fully saturated rings. The topological polar surface area (TPSA) is 31.2 Å². The Hall–Kier alpha value is -3.75. The summed E-state index contributed by atoms with van der Waals surface area (Å²) in [5.74, 6) is 0. The van der Waals surface area contributed by atoms with Crippen LogP contribution in [0.4, 0.5) is 11.4 Å². The Kier molecular flexibility index (Phi) is 9.71. The lowest BCUT2D eigenvalue weighted by molar-refractivity contribution is 0.298. The number of hydrazone groups is 2. The molecule has 0 spiro atoms. The predicted octanol–water partition coefficient (Wildman–Crippen LogP) is 10.0. The molecule has 6 heteroatoms. The van der Waals surface area contributed by atoms with Crippen LogP contribution in [0.2, 0.25) is 39.3 Å². The minimum absolute atomic E-state index is 0.0395. The average molecular weight is 617 g/mol. The zero-order valence-corrected chi connectivity index (χ0v) is 29.4. The van der Waals surface area contributed by atoms with Gasteiger partial charge in [-0.3, -0.25) is 9.35 Å². The van der Waals surface area contributed by atoms with E-state index < -0.39 is 16.5 Å². The van der Waals surface area contributed by atoms with Crippen molar-refractivity contribution >= 4 is 39.3 Å². The first-order valence-electron chi connectivity index (χ1n) is 15.9. The van der Waals surface area contributed by atoms with E-state index in [1.54, 1.807) is 0 Å². The van der Waals surface area contributed by atoms with E-state index in [1.165, 1.54) is 33.9 Å². The van der Waals surface area contributed by atoms with Gasteiger partial charge in [-0.05, 0) is 106 Å².